The number of carboxylic acids is 1. The lowest BCUT2D eigenvalue weighted by Gasteiger charge is -2.10. The molecule has 0 aliphatic carbocycles. The molecule has 1 aromatic rings. The maximum Gasteiger partial charge on any atom is 0.338 e. The van der Waals surface area contributed by atoms with Gasteiger partial charge in [0.2, 0.25) is 15.9 Å². The Labute approximate surface area is 121 Å². The summed E-state index contributed by atoms with van der Waals surface area (Å²) < 4.78 is 39.7. The van der Waals surface area contributed by atoms with E-state index in [0.29, 0.717) is 0 Å². The zero-order chi connectivity index (χ0) is 16.2. The van der Waals surface area contributed by atoms with Gasteiger partial charge in [-0.15, -0.1) is 0 Å². The molecule has 0 atom stereocenters. The smallest absolute Gasteiger partial charge is 0.338 e. The first-order valence-electron chi connectivity index (χ1n) is 5.92. The van der Waals surface area contributed by atoms with Crippen molar-refractivity contribution in [3.63, 3.8) is 0 Å². The summed E-state index contributed by atoms with van der Waals surface area (Å²) in [4.78, 5) is 21.2. The predicted molar refractivity (Wildman–Crippen MR) is 72.0 cm³/mol. The van der Waals surface area contributed by atoms with Crippen LogP contribution in [0, 0.1) is 12.7 Å². The molecular weight excluding hydrogens is 303 g/mol. The van der Waals surface area contributed by atoms with Gasteiger partial charge in [-0.25, -0.2) is 22.3 Å². The van der Waals surface area contributed by atoms with E-state index in [1.54, 1.807) is 0 Å². The van der Waals surface area contributed by atoms with E-state index in [0.717, 1.165) is 12.1 Å². The number of carbonyl (C=O) groups is 2. The first-order chi connectivity index (χ1) is 9.65. The molecule has 1 rings (SSSR count). The van der Waals surface area contributed by atoms with Gasteiger partial charge in [-0.05, 0) is 24.6 Å². The molecule has 0 aliphatic rings. The minimum Gasteiger partial charge on any atom is -0.478 e. The van der Waals surface area contributed by atoms with Crippen LogP contribution in [0.15, 0.2) is 17.0 Å². The highest BCUT2D eigenvalue weighted by Gasteiger charge is 2.20. The van der Waals surface area contributed by atoms with Crippen molar-refractivity contribution in [1.82, 2.24) is 10.0 Å². The summed E-state index contributed by atoms with van der Waals surface area (Å²) in [6.45, 7) is 2.58. The lowest BCUT2D eigenvalue weighted by atomic mass is 10.1. The second-order valence-corrected chi connectivity index (χ2v) is 6.05. The van der Waals surface area contributed by atoms with E-state index >= 15 is 0 Å². The van der Waals surface area contributed by atoms with E-state index in [2.05, 4.69) is 10.0 Å². The zero-order valence-corrected chi connectivity index (χ0v) is 12.3. The molecule has 7 nitrogen and oxygen atoms in total. The van der Waals surface area contributed by atoms with E-state index in [1.807, 2.05) is 0 Å². The van der Waals surface area contributed by atoms with Crippen LogP contribution in [0.5, 0.6) is 0 Å². The fourth-order valence-electron chi connectivity index (χ4n) is 1.55. The highest BCUT2D eigenvalue weighted by Crippen LogP contribution is 2.19. The van der Waals surface area contributed by atoms with E-state index in [4.69, 9.17) is 5.11 Å². The van der Waals surface area contributed by atoms with Crippen LogP contribution in [-0.4, -0.2) is 38.5 Å². The number of halogens is 1. The minimum atomic E-state index is -3.98. The Morgan fingerprint density at radius 3 is 2.43 bits per heavy atom. The van der Waals surface area contributed by atoms with E-state index < -0.39 is 27.4 Å². The number of benzene rings is 1. The molecular formula is C12H15FN2O5S. The van der Waals surface area contributed by atoms with Crippen LogP contribution < -0.4 is 10.0 Å². The van der Waals surface area contributed by atoms with Gasteiger partial charge >= 0.3 is 5.97 Å². The molecule has 116 valence electrons. The third kappa shape index (κ3) is 4.50. The molecule has 0 aliphatic heterocycles. The van der Waals surface area contributed by atoms with Gasteiger partial charge in [-0.3, -0.25) is 4.79 Å². The normalized spacial score (nSPS) is 11.2. The van der Waals surface area contributed by atoms with Gasteiger partial charge in [-0.1, -0.05) is 0 Å². The number of sulfonamides is 1. The Morgan fingerprint density at radius 2 is 1.90 bits per heavy atom. The number of amides is 1. The molecule has 0 unspecified atom stereocenters. The topological polar surface area (TPSA) is 113 Å². The first kappa shape index (κ1) is 17.1. The van der Waals surface area contributed by atoms with Crippen molar-refractivity contribution in [2.24, 2.45) is 0 Å². The standard InChI is InChI=1S/C12H15FN2O5S/c1-7-5-9(6-10(11(7)13)12(17)18)21(19,20)15-4-3-14-8(2)16/h5-6,15H,3-4H2,1-2H3,(H,14,16)(H,17,18). The molecule has 1 amide bonds. The van der Waals surface area contributed by atoms with Crippen molar-refractivity contribution < 1.29 is 27.5 Å². The summed E-state index contributed by atoms with van der Waals surface area (Å²) in [5.41, 5.74) is -0.797. The number of nitrogens with one attached hydrogen (secondary N) is 2. The van der Waals surface area contributed by atoms with Crippen molar-refractivity contribution in [1.29, 1.82) is 0 Å². The van der Waals surface area contributed by atoms with Crippen LogP contribution in [0.25, 0.3) is 0 Å². The number of aryl methyl sites for hydroxylation is 1. The second kappa shape index (κ2) is 6.64. The highest BCUT2D eigenvalue weighted by atomic mass is 32.2. The molecule has 0 heterocycles. The van der Waals surface area contributed by atoms with Crippen molar-refractivity contribution in [2.75, 3.05) is 13.1 Å². The lowest BCUT2D eigenvalue weighted by molar-refractivity contribution is -0.118. The number of carboxylic acid groups (broad SMARTS) is 1. The molecule has 1 aromatic carbocycles. The Kier molecular flexibility index (Phi) is 5.39. The number of hydrogen-bond acceptors (Lipinski definition) is 4. The van der Waals surface area contributed by atoms with Crippen molar-refractivity contribution in [3.05, 3.63) is 29.1 Å². The second-order valence-electron chi connectivity index (χ2n) is 4.29. The molecule has 0 saturated heterocycles. The molecule has 0 spiro atoms. The van der Waals surface area contributed by atoms with Gasteiger partial charge in [0, 0.05) is 20.0 Å². The van der Waals surface area contributed by atoms with Gasteiger partial charge in [0.15, 0.2) is 0 Å². The van der Waals surface area contributed by atoms with E-state index in [-0.39, 0.29) is 29.5 Å². The Hall–Kier alpha value is -2.00. The largest absolute Gasteiger partial charge is 0.478 e. The zero-order valence-electron chi connectivity index (χ0n) is 11.4. The molecule has 0 saturated carbocycles. The van der Waals surface area contributed by atoms with Gasteiger partial charge in [0.05, 0.1) is 10.5 Å². The van der Waals surface area contributed by atoms with Gasteiger partial charge in [0.25, 0.3) is 0 Å². The molecule has 3 N–H and O–H groups in total. The lowest BCUT2D eigenvalue weighted by Crippen LogP contribution is -2.33. The van der Waals surface area contributed by atoms with Crippen LogP contribution in [-0.2, 0) is 14.8 Å². The van der Waals surface area contributed by atoms with E-state index in [1.165, 1.54) is 13.8 Å². The Morgan fingerprint density at radius 1 is 1.29 bits per heavy atom. The third-order valence-corrected chi connectivity index (χ3v) is 4.00. The van der Waals surface area contributed by atoms with E-state index in [9.17, 15) is 22.4 Å². The average molecular weight is 318 g/mol. The summed E-state index contributed by atoms with van der Waals surface area (Å²) in [5.74, 6) is -2.83. The van der Waals surface area contributed by atoms with Crippen LogP contribution in [0.3, 0.4) is 0 Å². The fraction of sp³-hybridized carbons (Fsp3) is 0.333. The summed E-state index contributed by atoms with van der Waals surface area (Å²) in [5, 5.41) is 11.3. The maximum absolute atomic E-state index is 13.6. The average Bonchev–Trinajstić information content (AvgIpc) is 2.37. The Balaban J connectivity index is 2.98. The summed E-state index contributed by atoms with van der Waals surface area (Å²) >= 11 is 0. The monoisotopic (exact) mass is 318 g/mol. The fourth-order valence-corrected chi connectivity index (χ4v) is 2.70. The maximum atomic E-state index is 13.6. The number of carbonyl (C=O) groups excluding carboxylic acids is 1. The summed E-state index contributed by atoms with van der Waals surface area (Å²) in [6.07, 6.45) is 0. The van der Waals surface area contributed by atoms with Gasteiger partial charge < -0.3 is 10.4 Å². The molecule has 9 heteroatoms. The van der Waals surface area contributed by atoms with Crippen molar-refractivity contribution in [2.45, 2.75) is 18.7 Å². The SMILES string of the molecule is CC(=O)NCCNS(=O)(=O)c1cc(C)c(F)c(C(=O)O)c1. The van der Waals surface area contributed by atoms with Crippen molar-refractivity contribution >= 4 is 21.9 Å². The van der Waals surface area contributed by atoms with Crippen molar-refractivity contribution in [3.8, 4) is 0 Å². The van der Waals surface area contributed by atoms with Crippen LogP contribution in [0.4, 0.5) is 4.39 Å². The van der Waals surface area contributed by atoms with Gasteiger partial charge in [-0.2, -0.15) is 0 Å². The summed E-state index contributed by atoms with van der Waals surface area (Å²) in [7, 11) is -3.98. The molecule has 21 heavy (non-hydrogen) atoms. The van der Waals surface area contributed by atoms with Crippen LogP contribution in [0.1, 0.15) is 22.8 Å². The number of aromatic carboxylic acids is 1. The quantitative estimate of drug-likeness (QED) is 0.651. The molecule has 0 bridgehead atoms. The minimum absolute atomic E-state index is 0.0687. The molecule has 0 fully saturated rings. The third-order valence-electron chi connectivity index (χ3n) is 2.56. The molecule has 0 radical (unpaired) electrons. The predicted octanol–water partition coefficient (Wildman–Crippen LogP) is 0.247. The number of hydrogen-bond donors (Lipinski definition) is 3. The Bertz CT molecular complexity index is 672. The number of rotatable bonds is 6. The summed E-state index contributed by atoms with van der Waals surface area (Å²) in [6, 6.07) is 1.80. The van der Waals surface area contributed by atoms with Crippen LogP contribution in [0.2, 0.25) is 0 Å². The van der Waals surface area contributed by atoms with Crippen LogP contribution >= 0.6 is 0 Å². The highest BCUT2D eigenvalue weighted by molar-refractivity contribution is 7.89. The first-order valence-corrected chi connectivity index (χ1v) is 7.41. The molecule has 0 aromatic heterocycles. The van der Waals surface area contributed by atoms with Gasteiger partial charge in [0.1, 0.15) is 5.82 Å².